The zero-order chi connectivity index (χ0) is 21.1. The first-order valence-corrected chi connectivity index (χ1v) is 10.2. The zero-order valence-electron chi connectivity index (χ0n) is 16.1. The van der Waals surface area contributed by atoms with Crippen molar-refractivity contribution in [2.45, 2.75) is 18.5 Å². The summed E-state index contributed by atoms with van der Waals surface area (Å²) in [5.74, 6) is -0.714. The van der Waals surface area contributed by atoms with Crippen molar-refractivity contribution in [3.63, 3.8) is 0 Å². The number of carbonyl (C=O) groups excluding carboxylic acids is 1. The quantitative estimate of drug-likeness (QED) is 0.368. The largest absolute Gasteiger partial charge is 0.351 e. The van der Waals surface area contributed by atoms with Gasteiger partial charge in [0.15, 0.2) is 5.65 Å². The second-order valence-electron chi connectivity index (χ2n) is 6.69. The third-order valence-electron chi connectivity index (χ3n) is 4.51. The van der Waals surface area contributed by atoms with Crippen LogP contribution in [-0.2, 0) is 11.3 Å². The second-order valence-corrected chi connectivity index (χ2v) is 7.69. The minimum Gasteiger partial charge on any atom is -0.351 e. The summed E-state index contributed by atoms with van der Waals surface area (Å²) in [7, 11) is 0. The van der Waals surface area contributed by atoms with Gasteiger partial charge in [-0.2, -0.15) is 5.10 Å². The first kappa shape index (κ1) is 20.0. The van der Waals surface area contributed by atoms with E-state index in [-0.39, 0.29) is 29.8 Å². The van der Waals surface area contributed by atoms with Crippen LogP contribution in [0.5, 0.6) is 0 Å². The van der Waals surface area contributed by atoms with Gasteiger partial charge in [-0.1, -0.05) is 42.1 Å². The number of nitrogens with zero attached hydrogens (tertiary/aromatic N) is 3. The molecule has 2 heterocycles. The van der Waals surface area contributed by atoms with Crippen molar-refractivity contribution in [3.05, 3.63) is 83.7 Å². The lowest BCUT2D eigenvalue weighted by molar-refractivity contribution is -0.118. The molecule has 30 heavy (non-hydrogen) atoms. The van der Waals surface area contributed by atoms with Crippen molar-refractivity contribution in [3.8, 4) is 11.1 Å². The summed E-state index contributed by atoms with van der Waals surface area (Å²) < 4.78 is 28.6. The van der Waals surface area contributed by atoms with E-state index in [9.17, 15) is 13.6 Å². The first-order valence-electron chi connectivity index (χ1n) is 9.25. The number of nitrogens with one attached hydrogen (secondary N) is 1. The molecule has 0 spiro atoms. The maximum atomic E-state index is 13.7. The molecule has 5 nitrogen and oxygen atoms in total. The van der Waals surface area contributed by atoms with Gasteiger partial charge in [-0.05, 0) is 36.8 Å². The van der Waals surface area contributed by atoms with Crippen LogP contribution in [0, 0.1) is 18.6 Å². The Balaban J connectivity index is 1.49. The Morgan fingerprint density at radius 2 is 1.90 bits per heavy atom. The van der Waals surface area contributed by atoms with E-state index in [2.05, 4.69) is 15.4 Å². The van der Waals surface area contributed by atoms with Gasteiger partial charge in [0.1, 0.15) is 16.7 Å². The molecular formula is C22H18F2N4OS. The number of rotatable bonds is 6. The number of fused-ring (bicyclic) bond motifs is 1. The van der Waals surface area contributed by atoms with Crippen LogP contribution in [0.4, 0.5) is 8.78 Å². The number of benzene rings is 2. The van der Waals surface area contributed by atoms with Crippen molar-refractivity contribution >= 4 is 23.3 Å². The normalized spacial score (nSPS) is 11.0. The fourth-order valence-electron chi connectivity index (χ4n) is 3.01. The van der Waals surface area contributed by atoms with Gasteiger partial charge in [0.05, 0.1) is 11.9 Å². The summed E-state index contributed by atoms with van der Waals surface area (Å²) in [4.78, 5) is 16.8. The first-order chi connectivity index (χ1) is 14.5. The van der Waals surface area contributed by atoms with Gasteiger partial charge in [-0.15, -0.1) is 0 Å². The van der Waals surface area contributed by atoms with Gasteiger partial charge in [0.25, 0.3) is 0 Å². The number of carbonyl (C=O) groups is 1. The fourth-order valence-corrected chi connectivity index (χ4v) is 3.90. The molecule has 4 aromatic rings. The number of thioether (sulfide) groups is 1. The van der Waals surface area contributed by atoms with E-state index >= 15 is 0 Å². The van der Waals surface area contributed by atoms with Crippen LogP contribution in [-0.4, -0.2) is 26.3 Å². The molecule has 0 unspecified atom stereocenters. The van der Waals surface area contributed by atoms with E-state index in [0.29, 0.717) is 11.2 Å². The standard InChI is InChI=1S/C22H18F2N4OS/c1-14-10-21(30-13-20(29)25-11-16-4-2-3-5-19(16)24)28-22(27-14)18(12-26-28)15-6-8-17(23)9-7-15/h2-10,12H,11,13H2,1H3,(H,25,29). The monoisotopic (exact) mass is 424 g/mol. The average molecular weight is 424 g/mol. The summed E-state index contributed by atoms with van der Waals surface area (Å²) in [6, 6.07) is 14.3. The van der Waals surface area contributed by atoms with E-state index in [0.717, 1.165) is 21.8 Å². The lowest BCUT2D eigenvalue weighted by atomic mass is 10.1. The summed E-state index contributed by atoms with van der Waals surface area (Å²) in [6.07, 6.45) is 1.68. The summed E-state index contributed by atoms with van der Waals surface area (Å²) in [5.41, 5.74) is 3.44. The van der Waals surface area contributed by atoms with E-state index in [4.69, 9.17) is 0 Å². The molecule has 0 radical (unpaired) electrons. The van der Waals surface area contributed by atoms with E-state index < -0.39 is 0 Å². The van der Waals surface area contributed by atoms with E-state index in [1.165, 1.54) is 30.0 Å². The minimum absolute atomic E-state index is 0.132. The number of hydrogen-bond donors (Lipinski definition) is 1. The topological polar surface area (TPSA) is 59.3 Å². The van der Waals surface area contributed by atoms with Crippen LogP contribution in [0.1, 0.15) is 11.3 Å². The predicted octanol–water partition coefficient (Wildman–Crippen LogP) is 4.39. The van der Waals surface area contributed by atoms with Gasteiger partial charge in [0.2, 0.25) is 5.91 Å². The molecule has 0 aliphatic rings. The highest BCUT2D eigenvalue weighted by Gasteiger charge is 2.14. The van der Waals surface area contributed by atoms with Gasteiger partial charge >= 0.3 is 0 Å². The molecule has 0 aliphatic heterocycles. The van der Waals surface area contributed by atoms with Crippen molar-refractivity contribution in [1.29, 1.82) is 0 Å². The molecule has 0 saturated heterocycles. The Morgan fingerprint density at radius 3 is 2.67 bits per heavy atom. The number of halogens is 2. The Labute approximate surface area is 176 Å². The molecule has 0 atom stereocenters. The van der Waals surface area contributed by atoms with Crippen molar-refractivity contribution < 1.29 is 13.6 Å². The maximum absolute atomic E-state index is 13.7. The lowest BCUT2D eigenvalue weighted by Crippen LogP contribution is -2.25. The molecule has 1 amide bonds. The van der Waals surface area contributed by atoms with Crippen molar-refractivity contribution in [1.82, 2.24) is 19.9 Å². The summed E-state index contributed by atoms with van der Waals surface area (Å²) >= 11 is 1.32. The number of amides is 1. The second kappa shape index (κ2) is 8.62. The van der Waals surface area contributed by atoms with Gasteiger partial charge in [0, 0.05) is 23.4 Å². The van der Waals surface area contributed by atoms with Crippen LogP contribution in [0.15, 0.2) is 65.8 Å². The van der Waals surface area contributed by atoms with Crippen LogP contribution >= 0.6 is 11.8 Å². The third kappa shape index (κ3) is 4.33. The molecular weight excluding hydrogens is 406 g/mol. The minimum atomic E-state index is -0.346. The Bertz CT molecular complexity index is 1210. The molecule has 0 fully saturated rings. The molecule has 8 heteroatoms. The zero-order valence-corrected chi connectivity index (χ0v) is 16.9. The Kier molecular flexibility index (Phi) is 5.76. The van der Waals surface area contributed by atoms with Crippen LogP contribution < -0.4 is 5.32 Å². The SMILES string of the molecule is Cc1cc(SCC(=O)NCc2ccccc2F)n2ncc(-c3ccc(F)cc3)c2n1. The highest BCUT2D eigenvalue weighted by Crippen LogP contribution is 2.27. The smallest absolute Gasteiger partial charge is 0.230 e. The molecule has 1 N–H and O–H groups in total. The van der Waals surface area contributed by atoms with Gasteiger partial charge < -0.3 is 5.32 Å². The number of aryl methyl sites for hydroxylation is 1. The Hall–Kier alpha value is -3.26. The van der Waals surface area contributed by atoms with Crippen molar-refractivity contribution in [2.24, 2.45) is 0 Å². The predicted molar refractivity (Wildman–Crippen MR) is 112 cm³/mol. The van der Waals surface area contributed by atoms with Gasteiger partial charge in [-0.25, -0.2) is 18.3 Å². The van der Waals surface area contributed by atoms with E-state index in [1.807, 2.05) is 13.0 Å². The third-order valence-corrected chi connectivity index (χ3v) is 5.50. The molecule has 152 valence electrons. The summed E-state index contributed by atoms with van der Waals surface area (Å²) in [5, 5.41) is 7.88. The van der Waals surface area contributed by atoms with Crippen LogP contribution in [0.2, 0.25) is 0 Å². The summed E-state index contributed by atoms with van der Waals surface area (Å²) in [6.45, 7) is 2.00. The number of hydrogen-bond acceptors (Lipinski definition) is 4. The molecule has 2 aromatic carbocycles. The molecule has 2 aromatic heterocycles. The van der Waals surface area contributed by atoms with Crippen molar-refractivity contribution in [2.75, 3.05) is 5.75 Å². The molecule has 0 bridgehead atoms. The van der Waals surface area contributed by atoms with Crippen LogP contribution in [0.25, 0.3) is 16.8 Å². The lowest BCUT2D eigenvalue weighted by Gasteiger charge is -2.08. The average Bonchev–Trinajstić information content (AvgIpc) is 3.16. The highest BCUT2D eigenvalue weighted by atomic mass is 32.2. The van der Waals surface area contributed by atoms with Crippen LogP contribution in [0.3, 0.4) is 0 Å². The molecule has 0 aliphatic carbocycles. The van der Waals surface area contributed by atoms with Gasteiger partial charge in [-0.3, -0.25) is 4.79 Å². The van der Waals surface area contributed by atoms with E-state index in [1.54, 1.807) is 41.0 Å². The Morgan fingerprint density at radius 1 is 1.13 bits per heavy atom. The maximum Gasteiger partial charge on any atom is 0.230 e. The number of aromatic nitrogens is 3. The highest BCUT2D eigenvalue weighted by molar-refractivity contribution is 7.99. The fraction of sp³-hybridized carbons (Fsp3) is 0.136. The molecule has 4 rings (SSSR count). The molecule has 0 saturated carbocycles.